The van der Waals surface area contributed by atoms with E-state index >= 15 is 0 Å². The summed E-state index contributed by atoms with van der Waals surface area (Å²) in [6, 6.07) is 15.3. The van der Waals surface area contributed by atoms with Crippen LogP contribution in [-0.4, -0.2) is 39.2 Å². The molecule has 0 atom stereocenters. The minimum Gasteiger partial charge on any atom is -0.415 e. The van der Waals surface area contributed by atoms with Gasteiger partial charge >= 0.3 is 0 Å². The van der Waals surface area contributed by atoms with Crippen molar-refractivity contribution < 1.29 is 4.42 Å². The Balaban J connectivity index is 1.67. The Morgan fingerprint density at radius 1 is 1.00 bits per heavy atom. The minimum atomic E-state index is 0.317. The molecule has 0 unspecified atom stereocenters. The summed E-state index contributed by atoms with van der Waals surface area (Å²) in [6.07, 6.45) is 1.74. The maximum atomic E-state index is 5.86. The van der Waals surface area contributed by atoms with Crippen LogP contribution in [-0.2, 0) is 0 Å². The van der Waals surface area contributed by atoms with Crippen molar-refractivity contribution in [3.05, 3.63) is 72.6 Å². The van der Waals surface area contributed by atoms with Gasteiger partial charge in [0, 0.05) is 36.6 Å². The van der Waals surface area contributed by atoms with Crippen molar-refractivity contribution in [2.45, 2.75) is 6.92 Å². The SMILES string of the molecule is C=C(c1ccc(-c2cnc(C)c(-c3nnc(-c4cccc(N)c4)o3)n2)cc1)N(C)C. The molecule has 0 saturated carbocycles. The van der Waals surface area contributed by atoms with Crippen molar-refractivity contribution in [3.63, 3.8) is 0 Å². The van der Waals surface area contributed by atoms with Gasteiger partial charge in [0.2, 0.25) is 5.89 Å². The van der Waals surface area contributed by atoms with Gasteiger partial charge in [-0.3, -0.25) is 4.98 Å². The van der Waals surface area contributed by atoms with Gasteiger partial charge < -0.3 is 15.1 Å². The molecule has 2 aromatic heterocycles. The van der Waals surface area contributed by atoms with Crippen molar-refractivity contribution in [2.24, 2.45) is 0 Å². The lowest BCUT2D eigenvalue weighted by Crippen LogP contribution is -2.08. The Morgan fingerprint density at radius 3 is 2.43 bits per heavy atom. The molecule has 4 aromatic rings. The van der Waals surface area contributed by atoms with Crippen LogP contribution in [0.1, 0.15) is 11.3 Å². The quantitative estimate of drug-likeness (QED) is 0.501. The van der Waals surface area contributed by atoms with Crippen LogP contribution in [0.3, 0.4) is 0 Å². The second-order valence-electron chi connectivity index (χ2n) is 7.15. The topological polar surface area (TPSA) is 94.0 Å². The number of nitrogen functional groups attached to an aromatic ring is 1. The third-order valence-corrected chi connectivity index (χ3v) is 4.77. The summed E-state index contributed by atoms with van der Waals surface area (Å²) in [5.74, 6) is 0.701. The van der Waals surface area contributed by atoms with E-state index in [1.807, 2.05) is 62.3 Å². The van der Waals surface area contributed by atoms with Crippen LogP contribution in [0, 0.1) is 6.92 Å². The fraction of sp³-hybridized carbons (Fsp3) is 0.130. The molecule has 0 amide bonds. The fourth-order valence-electron chi connectivity index (χ4n) is 2.99. The molecule has 0 fully saturated rings. The number of nitrogens with two attached hydrogens (primary N) is 1. The van der Waals surface area contributed by atoms with E-state index in [1.54, 1.807) is 18.3 Å². The van der Waals surface area contributed by atoms with Gasteiger partial charge in [0.1, 0.15) is 5.69 Å². The predicted molar refractivity (Wildman–Crippen MR) is 118 cm³/mol. The minimum absolute atomic E-state index is 0.317. The molecule has 30 heavy (non-hydrogen) atoms. The highest BCUT2D eigenvalue weighted by Crippen LogP contribution is 2.28. The summed E-state index contributed by atoms with van der Waals surface area (Å²) in [6.45, 7) is 5.95. The Bertz CT molecular complexity index is 1210. The highest BCUT2D eigenvalue weighted by molar-refractivity contribution is 5.68. The molecule has 0 saturated heterocycles. The largest absolute Gasteiger partial charge is 0.415 e. The molecule has 7 heteroatoms. The van der Waals surface area contributed by atoms with Gasteiger partial charge in [-0.2, -0.15) is 0 Å². The molecule has 2 aromatic carbocycles. The Hall–Kier alpha value is -4.00. The van der Waals surface area contributed by atoms with Gasteiger partial charge in [0.25, 0.3) is 5.89 Å². The molecule has 4 rings (SSSR count). The molecule has 0 bridgehead atoms. The molecule has 2 heterocycles. The zero-order chi connectivity index (χ0) is 21.3. The zero-order valence-corrected chi connectivity index (χ0v) is 17.1. The predicted octanol–water partition coefficient (Wildman–Crippen LogP) is 4.28. The Morgan fingerprint density at radius 2 is 1.73 bits per heavy atom. The number of nitrogens with zero attached hydrogens (tertiary/aromatic N) is 5. The molecule has 0 aliphatic carbocycles. The van der Waals surface area contributed by atoms with Gasteiger partial charge in [0.15, 0.2) is 0 Å². The lowest BCUT2D eigenvalue weighted by Gasteiger charge is -2.16. The van der Waals surface area contributed by atoms with Gasteiger partial charge in [-0.05, 0) is 30.7 Å². The first-order valence-electron chi connectivity index (χ1n) is 9.43. The third-order valence-electron chi connectivity index (χ3n) is 4.77. The molecule has 150 valence electrons. The molecule has 0 spiro atoms. The van der Waals surface area contributed by atoms with E-state index in [4.69, 9.17) is 15.1 Å². The van der Waals surface area contributed by atoms with Crippen LogP contribution in [0.5, 0.6) is 0 Å². The highest BCUT2D eigenvalue weighted by atomic mass is 16.4. The van der Waals surface area contributed by atoms with E-state index in [2.05, 4.69) is 21.8 Å². The first kappa shape index (κ1) is 19.3. The van der Waals surface area contributed by atoms with Crippen LogP contribution in [0.2, 0.25) is 0 Å². The number of aryl methyl sites for hydroxylation is 1. The van der Waals surface area contributed by atoms with E-state index in [-0.39, 0.29) is 0 Å². The lowest BCUT2D eigenvalue weighted by molar-refractivity contribution is 0.581. The first-order chi connectivity index (χ1) is 14.4. The highest BCUT2D eigenvalue weighted by Gasteiger charge is 2.16. The smallest absolute Gasteiger partial charge is 0.268 e. The maximum absolute atomic E-state index is 5.86. The summed E-state index contributed by atoms with van der Waals surface area (Å²) in [4.78, 5) is 11.2. The standard InChI is InChI=1S/C23H22N6O/c1-14-21(23-28-27-22(30-23)18-6-5-7-19(24)12-18)26-20(13-25-14)17-10-8-16(9-11-17)15(2)29(3)4/h5-13H,2,24H2,1,3-4H3. The second-order valence-corrected chi connectivity index (χ2v) is 7.15. The van der Waals surface area contributed by atoms with Crippen molar-refractivity contribution in [1.29, 1.82) is 0 Å². The van der Waals surface area contributed by atoms with Crippen molar-refractivity contribution in [2.75, 3.05) is 19.8 Å². The van der Waals surface area contributed by atoms with E-state index in [1.165, 1.54) is 0 Å². The summed E-state index contributed by atoms with van der Waals surface area (Å²) >= 11 is 0. The van der Waals surface area contributed by atoms with Gasteiger partial charge in [-0.25, -0.2) is 4.98 Å². The van der Waals surface area contributed by atoms with Crippen LogP contribution >= 0.6 is 0 Å². The second kappa shape index (κ2) is 7.79. The summed E-state index contributed by atoms with van der Waals surface area (Å²) in [5, 5.41) is 8.31. The normalized spacial score (nSPS) is 10.8. The number of benzene rings is 2. The van der Waals surface area contributed by atoms with E-state index in [0.29, 0.717) is 28.9 Å². The molecule has 2 N–H and O–H groups in total. The number of hydrogen-bond donors (Lipinski definition) is 1. The Labute approximate surface area is 174 Å². The summed E-state index contributed by atoms with van der Waals surface area (Å²) < 4.78 is 5.86. The van der Waals surface area contributed by atoms with Gasteiger partial charge in [0.05, 0.1) is 17.6 Å². The first-order valence-corrected chi connectivity index (χ1v) is 9.43. The van der Waals surface area contributed by atoms with Crippen LogP contribution in [0.4, 0.5) is 5.69 Å². The molecule has 0 aliphatic heterocycles. The molecular weight excluding hydrogens is 376 g/mol. The third kappa shape index (κ3) is 3.77. The number of anilines is 1. The Kier molecular flexibility index (Phi) is 5.02. The molecule has 0 radical (unpaired) electrons. The van der Waals surface area contributed by atoms with E-state index in [0.717, 1.165) is 28.1 Å². The number of hydrogen-bond acceptors (Lipinski definition) is 7. The van der Waals surface area contributed by atoms with Gasteiger partial charge in [-0.15, -0.1) is 10.2 Å². The average molecular weight is 398 g/mol. The fourth-order valence-corrected chi connectivity index (χ4v) is 2.99. The van der Waals surface area contributed by atoms with Crippen LogP contribution in [0.25, 0.3) is 40.0 Å². The van der Waals surface area contributed by atoms with Crippen molar-refractivity contribution >= 4 is 11.4 Å². The molecule has 0 aliphatic rings. The van der Waals surface area contributed by atoms with E-state index < -0.39 is 0 Å². The summed E-state index contributed by atoms with van der Waals surface area (Å²) in [7, 11) is 3.94. The maximum Gasteiger partial charge on any atom is 0.268 e. The van der Waals surface area contributed by atoms with Crippen LogP contribution in [0.15, 0.2) is 65.7 Å². The lowest BCUT2D eigenvalue weighted by atomic mass is 10.1. The van der Waals surface area contributed by atoms with Crippen molar-refractivity contribution in [3.8, 4) is 34.3 Å². The average Bonchev–Trinajstić information content (AvgIpc) is 3.24. The van der Waals surface area contributed by atoms with Crippen LogP contribution < -0.4 is 5.73 Å². The monoisotopic (exact) mass is 398 g/mol. The number of rotatable bonds is 5. The van der Waals surface area contributed by atoms with Crippen molar-refractivity contribution in [1.82, 2.24) is 25.1 Å². The zero-order valence-electron chi connectivity index (χ0n) is 17.1. The van der Waals surface area contributed by atoms with E-state index in [9.17, 15) is 0 Å². The molecule has 7 nitrogen and oxygen atoms in total. The summed E-state index contributed by atoms with van der Waals surface area (Å²) in [5.41, 5.74) is 12.1. The molecular formula is C23H22N6O. The number of aromatic nitrogens is 4. The van der Waals surface area contributed by atoms with Gasteiger partial charge in [-0.1, -0.05) is 36.9 Å².